The lowest BCUT2D eigenvalue weighted by molar-refractivity contribution is -0.150. The van der Waals surface area contributed by atoms with E-state index in [0.717, 1.165) is 83.5 Å². The van der Waals surface area contributed by atoms with Crippen LogP contribution in [0.4, 0.5) is 0 Å². The molecule has 0 rings (SSSR count). The number of aliphatic hydroxyl groups is 1. The number of unbranched alkanes of at least 4 members (excludes halogenated alkanes) is 20. The molecule has 0 saturated heterocycles. The first kappa shape index (κ1) is 49.3. The molecule has 0 heterocycles. The average molecular weight is 735 g/mol. The number of allylic oxidation sites excluding steroid dienone is 4. The molecule has 0 fully saturated rings. The number of hydrogen-bond acceptors (Lipinski definition) is 6. The van der Waals surface area contributed by atoms with Crippen molar-refractivity contribution in [3.63, 3.8) is 0 Å². The number of carboxylic acid groups (broad SMARTS) is 1. The molecule has 2 unspecified atom stereocenters. The predicted octanol–water partition coefficient (Wildman–Crippen LogP) is 10.0. The van der Waals surface area contributed by atoms with Crippen LogP contribution in [0.25, 0.3) is 0 Å². The number of carboxylic acids is 1. The zero-order chi connectivity index (χ0) is 38.3. The fraction of sp³-hybridized carbons (Fsp3) is 0.814. The Morgan fingerprint density at radius 1 is 0.577 bits per heavy atom. The third-order valence-corrected chi connectivity index (χ3v) is 9.43. The molecule has 0 spiro atoms. The monoisotopic (exact) mass is 735 g/mol. The van der Waals surface area contributed by atoms with E-state index in [9.17, 15) is 19.2 Å². The van der Waals surface area contributed by atoms with Crippen molar-refractivity contribution in [1.82, 2.24) is 10.6 Å². The third-order valence-electron chi connectivity index (χ3n) is 9.43. The molecule has 0 aliphatic heterocycles. The van der Waals surface area contributed by atoms with E-state index in [0.29, 0.717) is 19.3 Å². The maximum atomic E-state index is 12.8. The van der Waals surface area contributed by atoms with Gasteiger partial charge < -0.3 is 25.6 Å². The highest BCUT2D eigenvalue weighted by Gasteiger charge is 2.19. The number of carbonyl (C=O) groups excluding carboxylic acids is 3. The van der Waals surface area contributed by atoms with E-state index in [2.05, 4.69) is 48.8 Å². The average Bonchev–Trinajstić information content (AvgIpc) is 3.13. The van der Waals surface area contributed by atoms with E-state index in [1.54, 1.807) is 0 Å². The van der Waals surface area contributed by atoms with Crippen LogP contribution < -0.4 is 10.6 Å². The number of nitrogens with one attached hydrogen (secondary N) is 2. The Balaban J connectivity index is 4.31. The van der Waals surface area contributed by atoms with E-state index >= 15 is 0 Å². The molecule has 0 aromatic carbocycles. The molecule has 0 aromatic heterocycles. The van der Waals surface area contributed by atoms with Crippen molar-refractivity contribution in [2.24, 2.45) is 0 Å². The van der Waals surface area contributed by atoms with Gasteiger partial charge in [0.15, 0.2) is 0 Å². The molecule has 302 valence electrons. The third kappa shape index (κ3) is 34.4. The van der Waals surface area contributed by atoms with Gasteiger partial charge in [-0.15, -0.1) is 0 Å². The van der Waals surface area contributed by atoms with Crippen LogP contribution in [0.3, 0.4) is 0 Å². The van der Waals surface area contributed by atoms with Crippen molar-refractivity contribution in [2.75, 3.05) is 13.2 Å². The van der Waals surface area contributed by atoms with Crippen molar-refractivity contribution in [2.45, 2.75) is 212 Å². The minimum atomic E-state index is -1.38. The second-order valence-electron chi connectivity index (χ2n) is 14.4. The van der Waals surface area contributed by atoms with Gasteiger partial charge in [-0.3, -0.25) is 14.4 Å². The normalized spacial score (nSPS) is 12.7. The molecule has 0 saturated carbocycles. The Morgan fingerprint density at radius 3 is 1.62 bits per heavy atom. The molecule has 0 bridgehead atoms. The molecule has 9 heteroatoms. The number of aliphatic hydroxyl groups excluding tert-OH is 1. The molecule has 0 aliphatic rings. The number of ether oxygens (including phenoxy) is 1. The Bertz CT molecular complexity index is 936. The summed E-state index contributed by atoms with van der Waals surface area (Å²) in [5, 5.41) is 22.5. The van der Waals surface area contributed by atoms with Gasteiger partial charge in [0.2, 0.25) is 11.8 Å². The number of aliphatic carboxylic acids is 1. The van der Waals surface area contributed by atoms with Crippen LogP contribution in [0.2, 0.25) is 0 Å². The standard InChI is InChI=1S/C43H78N2O7/c1-3-5-7-9-11-13-15-16-18-20-22-27-31-35-42(49)52-38(32-28-24-21-19-17-14-12-10-8-6-4-2)33-29-25-23-26-30-34-40(47)44-36-41(48)45-39(37-46)43(50)51/h7,9,13,15,38-39,46H,3-6,8,10-12,14,16-37H2,1-2H3,(H,44,47)(H,45,48)(H,50,51)/b9-7-,15-13-. The van der Waals surface area contributed by atoms with Crippen molar-refractivity contribution in [3.8, 4) is 0 Å². The lowest BCUT2D eigenvalue weighted by Gasteiger charge is -2.18. The molecular formula is C43H78N2O7. The minimum absolute atomic E-state index is 0.0156. The van der Waals surface area contributed by atoms with Gasteiger partial charge in [-0.25, -0.2) is 4.79 Å². The van der Waals surface area contributed by atoms with Crippen molar-refractivity contribution >= 4 is 23.8 Å². The largest absolute Gasteiger partial charge is 0.480 e. The summed E-state index contributed by atoms with van der Waals surface area (Å²) < 4.78 is 6.01. The fourth-order valence-corrected chi connectivity index (χ4v) is 6.16. The van der Waals surface area contributed by atoms with Gasteiger partial charge in [0, 0.05) is 12.8 Å². The molecule has 4 N–H and O–H groups in total. The lowest BCUT2D eigenvalue weighted by atomic mass is 10.0. The van der Waals surface area contributed by atoms with Gasteiger partial charge in [-0.2, -0.15) is 0 Å². The van der Waals surface area contributed by atoms with Crippen LogP contribution in [0.15, 0.2) is 24.3 Å². The lowest BCUT2D eigenvalue weighted by Crippen LogP contribution is -2.47. The summed E-state index contributed by atoms with van der Waals surface area (Å²) in [5.41, 5.74) is 0. The molecule has 2 atom stereocenters. The van der Waals surface area contributed by atoms with Crippen LogP contribution in [0.1, 0.15) is 200 Å². The van der Waals surface area contributed by atoms with E-state index in [1.807, 2.05) is 0 Å². The van der Waals surface area contributed by atoms with E-state index in [-0.39, 0.29) is 24.5 Å². The van der Waals surface area contributed by atoms with Crippen LogP contribution in [-0.4, -0.2) is 59.3 Å². The number of rotatable bonds is 38. The minimum Gasteiger partial charge on any atom is -0.480 e. The highest BCUT2D eigenvalue weighted by molar-refractivity contribution is 5.87. The molecule has 0 aliphatic carbocycles. The van der Waals surface area contributed by atoms with Crippen LogP contribution in [0, 0.1) is 0 Å². The maximum absolute atomic E-state index is 12.8. The predicted molar refractivity (Wildman–Crippen MR) is 213 cm³/mol. The van der Waals surface area contributed by atoms with Crippen LogP contribution in [-0.2, 0) is 23.9 Å². The van der Waals surface area contributed by atoms with Crippen molar-refractivity contribution in [1.29, 1.82) is 0 Å². The van der Waals surface area contributed by atoms with Crippen LogP contribution in [0.5, 0.6) is 0 Å². The molecule has 0 radical (unpaired) electrons. The number of hydrogen-bond donors (Lipinski definition) is 4. The Morgan fingerprint density at radius 2 is 1.08 bits per heavy atom. The maximum Gasteiger partial charge on any atom is 0.328 e. The molecular weight excluding hydrogens is 656 g/mol. The summed E-state index contributed by atoms with van der Waals surface area (Å²) in [7, 11) is 0. The van der Waals surface area contributed by atoms with Gasteiger partial charge in [-0.1, -0.05) is 147 Å². The van der Waals surface area contributed by atoms with Gasteiger partial charge in [0.05, 0.1) is 13.2 Å². The molecule has 2 amide bonds. The summed E-state index contributed by atoms with van der Waals surface area (Å²) in [6.07, 6.45) is 40.5. The first-order chi connectivity index (χ1) is 25.3. The zero-order valence-corrected chi connectivity index (χ0v) is 33.3. The Hall–Kier alpha value is -2.68. The molecule has 52 heavy (non-hydrogen) atoms. The Labute approximate surface area is 317 Å². The van der Waals surface area contributed by atoms with Gasteiger partial charge >= 0.3 is 11.9 Å². The van der Waals surface area contributed by atoms with Crippen molar-refractivity contribution < 1.29 is 34.1 Å². The number of esters is 1. The first-order valence-electron chi connectivity index (χ1n) is 21.2. The summed E-state index contributed by atoms with van der Waals surface area (Å²) in [4.78, 5) is 47.5. The van der Waals surface area contributed by atoms with Crippen molar-refractivity contribution in [3.05, 3.63) is 24.3 Å². The highest BCUT2D eigenvalue weighted by atomic mass is 16.5. The van der Waals surface area contributed by atoms with Crippen LogP contribution >= 0.6 is 0 Å². The smallest absolute Gasteiger partial charge is 0.328 e. The quantitative estimate of drug-likeness (QED) is 0.0281. The Kier molecular flexibility index (Phi) is 36.1. The fourth-order valence-electron chi connectivity index (χ4n) is 6.16. The van der Waals surface area contributed by atoms with E-state index in [4.69, 9.17) is 14.9 Å². The van der Waals surface area contributed by atoms with E-state index < -0.39 is 24.5 Å². The molecule has 9 nitrogen and oxygen atoms in total. The zero-order valence-electron chi connectivity index (χ0n) is 33.3. The number of amides is 2. The van der Waals surface area contributed by atoms with E-state index in [1.165, 1.54) is 83.5 Å². The SMILES string of the molecule is CCC/C=C\C/C=C\CCCCCCCC(=O)OC(CCCCCCCCCCCCC)CCCCCCCC(=O)NCC(=O)NC(CO)C(=O)O. The summed E-state index contributed by atoms with van der Waals surface area (Å²) >= 11 is 0. The summed E-state index contributed by atoms with van der Waals surface area (Å²) in [6, 6.07) is -1.38. The highest BCUT2D eigenvalue weighted by Crippen LogP contribution is 2.19. The number of carbonyl (C=O) groups is 4. The van der Waals surface area contributed by atoms with Gasteiger partial charge in [0.1, 0.15) is 12.1 Å². The second-order valence-corrected chi connectivity index (χ2v) is 14.4. The molecule has 0 aromatic rings. The summed E-state index contributed by atoms with van der Waals surface area (Å²) in [5.74, 6) is -2.30. The first-order valence-corrected chi connectivity index (χ1v) is 21.2. The second kappa shape index (κ2) is 38.1. The summed E-state index contributed by atoms with van der Waals surface area (Å²) in [6.45, 7) is 3.42. The van der Waals surface area contributed by atoms with Gasteiger partial charge in [-0.05, 0) is 64.2 Å². The van der Waals surface area contributed by atoms with Gasteiger partial charge in [0.25, 0.3) is 0 Å². The topological polar surface area (TPSA) is 142 Å².